The Bertz CT molecular complexity index is 403. The molecule has 2 rings (SSSR count). The van der Waals surface area contributed by atoms with Gasteiger partial charge >= 0.3 is 5.97 Å². The molecule has 0 aliphatic heterocycles. The zero-order chi connectivity index (χ0) is 13.7. The number of hydrogen-bond donors (Lipinski definition) is 1. The molecule has 1 aliphatic carbocycles. The molecule has 1 fully saturated rings. The van der Waals surface area contributed by atoms with E-state index in [1.807, 2.05) is 30.3 Å². The van der Waals surface area contributed by atoms with E-state index in [0.717, 1.165) is 18.4 Å². The number of benzene rings is 1. The Kier molecular flexibility index (Phi) is 4.93. The monoisotopic (exact) mass is 263 g/mol. The zero-order valence-electron chi connectivity index (χ0n) is 11.3. The highest BCUT2D eigenvalue weighted by atomic mass is 16.5. The van der Waals surface area contributed by atoms with Crippen molar-refractivity contribution >= 4 is 5.97 Å². The Balaban J connectivity index is 2.11. The average Bonchev–Trinajstić information content (AvgIpc) is 3.28. The first-order valence-electron chi connectivity index (χ1n) is 6.74. The average molecular weight is 263 g/mol. The number of carbonyl (C=O) groups is 1. The minimum Gasteiger partial charge on any atom is -0.469 e. The molecule has 1 saturated carbocycles. The molecule has 4 heteroatoms. The topological polar surface area (TPSA) is 49.8 Å². The summed E-state index contributed by atoms with van der Waals surface area (Å²) in [6.07, 6.45) is 2.31. The number of aliphatic hydroxyl groups is 1. The van der Waals surface area contributed by atoms with Crippen molar-refractivity contribution in [2.45, 2.75) is 24.8 Å². The third kappa shape index (κ3) is 3.78. The van der Waals surface area contributed by atoms with Gasteiger partial charge < -0.3 is 9.84 Å². The standard InChI is InChI=1S/C15H21NO3/c1-19-15(18)14(12-5-3-2-4-6-12)11-16(9-10-17)13-7-8-13/h2-6,13-14,17H,7-11H2,1H3. The van der Waals surface area contributed by atoms with Crippen molar-refractivity contribution in [3.8, 4) is 0 Å². The van der Waals surface area contributed by atoms with Crippen LogP contribution in [0.3, 0.4) is 0 Å². The van der Waals surface area contributed by atoms with Gasteiger partial charge in [0, 0.05) is 19.1 Å². The second kappa shape index (κ2) is 6.68. The van der Waals surface area contributed by atoms with Crippen molar-refractivity contribution in [1.29, 1.82) is 0 Å². The molecule has 0 amide bonds. The zero-order valence-corrected chi connectivity index (χ0v) is 11.3. The van der Waals surface area contributed by atoms with Crippen molar-refractivity contribution in [3.63, 3.8) is 0 Å². The Morgan fingerprint density at radius 1 is 1.42 bits per heavy atom. The predicted octanol–water partition coefficient (Wildman–Crippen LogP) is 1.40. The number of aliphatic hydroxyl groups excluding tert-OH is 1. The molecule has 0 saturated heterocycles. The van der Waals surface area contributed by atoms with E-state index in [-0.39, 0.29) is 18.5 Å². The maximum Gasteiger partial charge on any atom is 0.314 e. The van der Waals surface area contributed by atoms with E-state index in [0.29, 0.717) is 19.1 Å². The summed E-state index contributed by atoms with van der Waals surface area (Å²) in [6.45, 7) is 1.35. The lowest BCUT2D eigenvalue weighted by Crippen LogP contribution is -2.36. The Labute approximate surface area is 114 Å². The molecule has 0 heterocycles. The number of methoxy groups -OCH3 is 1. The predicted molar refractivity (Wildman–Crippen MR) is 72.9 cm³/mol. The fourth-order valence-electron chi connectivity index (χ4n) is 2.37. The van der Waals surface area contributed by atoms with Gasteiger partial charge in [0.25, 0.3) is 0 Å². The van der Waals surface area contributed by atoms with E-state index in [4.69, 9.17) is 9.84 Å². The van der Waals surface area contributed by atoms with Crippen LogP contribution >= 0.6 is 0 Å². The molecule has 4 nitrogen and oxygen atoms in total. The number of rotatable bonds is 7. The number of nitrogens with zero attached hydrogens (tertiary/aromatic N) is 1. The Hall–Kier alpha value is -1.39. The van der Waals surface area contributed by atoms with Crippen molar-refractivity contribution in [3.05, 3.63) is 35.9 Å². The first-order chi connectivity index (χ1) is 9.26. The van der Waals surface area contributed by atoms with Crippen molar-refractivity contribution < 1.29 is 14.6 Å². The highest BCUT2D eigenvalue weighted by Crippen LogP contribution is 2.29. The molecule has 1 atom stereocenters. The quantitative estimate of drug-likeness (QED) is 0.756. The summed E-state index contributed by atoms with van der Waals surface area (Å²) < 4.78 is 4.92. The lowest BCUT2D eigenvalue weighted by atomic mass is 9.98. The fourth-order valence-corrected chi connectivity index (χ4v) is 2.37. The van der Waals surface area contributed by atoms with Crippen LogP contribution in [0.15, 0.2) is 30.3 Å². The van der Waals surface area contributed by atoms with Gasteiger partial charge in [-0.2, -0.15) is 0 Å². The molecule has 0 bridgehead atoms. The van der Waals surface area contributed by atoms with Crippen LogP contribution in [0.4, 0.5) is 0 Å². The van der Waals surface area contributed by atoms with Crippen molar-refractivity contribution in [1.82, 2.24) is 4.90 Å². The molecular weight excluding hydrogens is 242 g/mol. The maximum atomic E-state index is 12.0. The molecule has 1 N–H and O–H groups in total. The van der Waals surface area contributed by atoms with Gasteiger partial charge in [-0.25, -0.2) is 0 Å². The molecular formula is C15H21NO3. The van der Waals surface area contributed by atoms with Gasteiger partial charge in [-0.3, -0.25) is 9.69 Å². The van der Waals surface area contributed by atoms with Gasteiger partial charge in [0.2, 0.25) is 0 Å². The van der Waals surface area contributed by atoms with Gasteiger partial charge in [0.1, 0.15) is 0 Å². The maximum absolute atomic E-state index is 12.0. The van der Waals surface area contributed by atoms with Crippen LogP contribution in [-0.4, -0.2) is 48.8 Å². The molecule has 104 valence electrons. The summed E-state index contributed by atoms with van der Waals surface area (Å²) >= 11 is 0. The molecule has 1 aromatic carbocycles. The van der Waals surface area contributed by atoms with Crippen molar-refractivity contribution in [2.75, 3.05) is 26.8 Å². The van der Waals surface area contributed by atoms with Crippen LogP contribution in [0, 0.1) is 0 Å². The largest absolute Gasteiger partial charge is 0.469 e. The Morgan fingerprint density at radius 3 is 2.63 bits per heavy atom. The lowest BCUT2D eigenvalue weighted by Gasteiger charge is -2.25. The van der Waals surface area contributed by atoms with E-state index in [1.165, 1.54) is 7.11 Å². The molecule has 0 spiro atoms. The minimum atomic E-state index is -0.279. The molecule has 1 aromatic rings. The van der Waals surface area contributed by atoms with E-state index in [1.54, 1.807) is 0 Å². The second-order valence-electron chi connectivity index (χ2n) is 4.94. The van der Waals surface area contributed by atoms with E-state index in [9.17, 15) is 4.79 Å². The van der Waals surface area contributed by atoms with Crippen LogP contribution in [-0.2, 0) is 9.53 Å². The Morgan fingerprint density at radius 2 is 2.11 bits per heavy atom. The summed E-state index contributed by atoms with van der Waals surface area (Å²) in [7, 11) is 1.42. The van der Waals surface area contributed by atoms with E-state index < -0.39 is 0 Å². The first kappa shape index (κ1) is 14.0. The number of ether oxygens (including phenoxy) is 1. The number of carbonyl (C=O) groups excluding carboxylic acids is 1. The molecule has 1 aliphatic rings. The minimum absolute atomic E-state index is 0.124. The van der Waals surface area contributed by atoms with E-state index in [2.05, 4.69) is 4.90 Å². The second-order valence-corrected chi connectivity index (χ2v) is 4.94. The summed E-state index contributed by atoms with van der Waals surface area (Å²) in [5, 5.41) is 9.13. The summed E-state index contributed by atoms with van der Waals surface area (Å²) in [5.74, 6) is -0.492. The van der Waals surface area contributed by atoms with Crippen LogP contribution in [0.25, 0.3) is 0 Å². The molecule has 0 aromatic heterocycles. The van der Waals surface area contributed by atoms with Crippen LogP contribution in [0.5, 0.6) is 0 Å². The van der Waals surface area contributed by atoms with Crippen LogP contribution in [0.2, 0.25) is 0 Å². The number of esters is 1. The lowest BCUT2D eigenvalue weighted by molar-refractivity contribution is -0.143. The SMILES string of the molecule is COC(=O)C(CN(CCO)C1CC1)c1ccccc1. The third-order valence-electron chi connectivity index (χ3n) is 3.56. The van der Waals surface area contributed by atoms with Gasteiger partial charge in [-0.05, 0) is 18.4 Å². The molecule has 19 heavy (non-hydrogen) atoms. The van der Waals surface area contributed by atoms with Gasteiger partial charge in [-0.15, -0.1) is 0 Å². The summed E-state index contributed by atoms with van der Waals surface area (Å²) in [4.78, 5) is 14.2. The van der Waals surface area contributed by atoms with Gasteiger partial charge in [-0.1, -0.05) is 30.3 Å². The van der Waals surface area contributed by atoms with Crippen LogP contribution in [0.1, 0.15) is 24.3 Å². The highest BCUT2D eigenvalue weighted by Gasteiger charge is 2.33. The summed E-state index contributed by atoms with van der Waals surface area (Å²) in [5.41, 5.74) is 0.970. The third-order valence-corrected chi connectivity index (χ3v) is 3.56. The first-order valence-corrected chi connectivity index (χ1v) is 6.74. The van der Waals surface area contributed by atoms with Gasteiger partial charge in [0.15, 0.2) is 0 Å². The number of hydrogen-bond acceptors (Lipinski definition) is 4. The summed E-state index contributed by atoms with van der Waals surface area (Å²) in [6, 6.07) is 10.2. The van der Waals surface area contributed by atoms with Crippen LogP contribution < -0.4 is 0 Å². The fraction of sp³-hybridized carbons (Fsp3) is 0.533. The normalized spacial score (nSPS) is 16.4. The molecule has 1 unspecified atom stereocenters. The van der Waals surface area contributed by atoms with Crippen molar-refractivity contribution in [2.24, 2.45) is 0 Å². The smallest absolute Gasteiger partial charge is 0.314 e. The van der Waals surface area contributed by atoms with E-state index >= 15 is 0 Å². The molecule has 0 radical (unpaired) electrons. The van der Waals surface area contributed by atoms with Gasteiger partial charge in [0.05, 0.1) is 19.6 Å². The highest BCUT2D eigenvalue weighted by molar-refractivity contribution is 5.78.